The van der Waals surface area contributed by atoms with E-state index in [4.69, 9.17) is 0 Å². The lowest BCUT2D eigenvalue weighted by Crippen LogP contribution is -2.41. The number of likely N-dealkylation sites (tertiary alicyclic amines) is 1. The van der Waals surface area contributed by atoms with Crippen molar-refractivity contribution in [1.29, 1.82) is 0 Å². The van der Waals surface area contributed by atoms with Crippen LogP contribution in [0.5, 0.6) is 0 Å². The Balaban J connectivity index is 1.64. The lowest BCUT2D eigenvalue weighted by molar-refractivity contribution is -0.133. The summed E-state index contributed by atoms with van der Waals surface area (Å²) in [6.45, 7) is 6.11. The lowest BCUT2D eigenvalue weighted by Gasteiger charge is -2.35. The van der Waals surface area contributed by atoms with Gasteiger partial charge in [0.2, 0.25) is 5.91 Å². The van der Waals surface area contributed by atoms with Crippen molar-refractivity contribution >= 4 is 5.91 Å². The first-order valence-electron chi connectivity index (χ1n) is 8.62. The fourth-order valence-electron chi connectivity index (χ4n) is 3.71. The molecule has 1 amide bonds. The molecular formula is C18H27N3O. The Labute approximate surface area is 133 Å². The molecule has 1 saturated heterocycles. The molecule has 1 aromatic rings. The van der Waals surface area contributed by atoms with E-state index in [1.165, 1.54) is 0 Å². The first-order chi connectivity index (χ1) is 10.6. The summed E-state index contributed by atoms with van der Waals surface area (Å²) in [5, 5.41) is 0. The van der Waals surface area contributed by atoms with Crippen LogP contribution in [0, 0.1) is 5.92 Å². The maximum atomic E-state index is 12.6. The first-order valence-corrected chi connectivity index (χ1v) is 8.62. The molecule has 120 valence electrons. The molecule has 2 aliphatic rings. The summed E-state index contributed by atoms with van der Waals surface area (Å²) in [7, 11) is 0. The molecule has 0 spiro atoms. The van der Waals surface area contributed by atoms with Crippen molar-refractivity contribution in [2.24, 2.45) is 5.92 Å². The summed E-state index contributed by atoms with van der Waals surface area (Å²) < 4.78 is 2.29. The van der Waals surface area contributed by atoms with Crippen molar-refractivity contribution in [2.75, 3.05) is 13.1 Å². The number of hydrogen-bond donors (Lipinski definition) is 0. The highest BCUT2D eigenvalue weighted by atomic mass is 16.2. The van der Waals surface area contributed by atoms with Crippen molar-refractivity contribution in [2.45, 2.75) is 57.9 Å². The van der Waals surface area contributed by atoms with Gasteiger partial charge in [-0.25, -0.2) is 4.98 Å². The highest BCUT2D eigenvalue weighted by molar-refractivity contribution is 5.76. The predicted octanol–water partition coefficient (Wildman–Crippen LogP) is 3.53. The van der Waals surface area contributed by atoms with E-state index in [2.05, 4.69) is 46.6 Å². The van der Waals surface area contributed by atoms with Crippen molar-refractivity contribution < 1.29 is 4.79 Å². The lowest BCUT2D eigenvalue weighted by atomic mass is 10.0. The van der Waals surface area contributed by atoms with Gasteiger partial charge in [0, 0.05) is 37.8 Å². The third-order valence-electron chi connectivity index (χ3n) is 4.91. The summed E-state index contributed by atoms with van der Waals surface area (Å²) in [6.07, 6.45) is 13.6. The number of rotatable bonds is 4. The van der Waals surface area contributed by atoms with Gasteiger partial charge < -0.3 is 9.47 Å². The van der Waals surface area contributed by atoms with Gasteiger partial charge >= 0.3 is 0 Å². The zero-order valence-electron chi connectivity index (χ0n) is 13.7. The fraction of sp³-hybridized carbons (Fsp3) is 0.667. The number of amides is 1. The molecule has 0 radical (unpaired) electrons. The smallest absolute Gasteiger partial charge is 0.223 e. The van der Waals surface area contributed by atoms with Crippen molar-refractivity contribution in [3.63, 3.8) is 0 Å². The molecule has 4 nitrogen and oxygen atoms in total. The van der Waals surface area contributed by atoms with Crippen LogP contribution in [0.3, 0.4) is 0 Å². The Hall–Kier alpha value is -1.58. The number of carbonyl (C=O) groups excluding carboxylic acids is 1. The number of nitrogens with zero attached hydrogens (tertiary/aromatic N) is 3. The van der Waals surface area contributed by atoms with Crippen molar-refractivity contribution in [1.82, 2.24) is 14.5 Å². The SMILES string of the molecule is CC(C)c1nccn1[C@@H]1CCCN(C(=O)C[C@H]2C=CCC2)C1. The summed E-state index contributed by atoms with van der Waals surface area (Å²) in [6, 6.07) is 0.386. The Morgan fingerprint density at radius 1 is 1.41 bits per heavy atom. The van der Waals surface area contributed by atoms with Gasteiger partial charge in [-0.05, 0) is 31.6 Å². The van der Waals surface area contributed by atoms with E-state index in [1.54, 1.807) is 0 Å². The molecule has 1 aromatic heterocycles. The van der Waals surface area contributed by atoms with Gasteiger partial charge in [-0.3, -0.25) is 4.79 Å². The molecule has 1 aliphatic heterocycles. The van der Waals surface area contributed by atoms with Crippen LogP contribution in [0.15, 0.2) is 24.5 Å². The molecule has 0 unspecified atom stereocenters. The number of allylic oxidation sites excluding steroid dienone is 2. The van der Waals surface area contributed by atoms with Crippen molar-refractivity contribution in [3.8, 4) is 0 Å². The topological polar surface area (TPSA) is 38.1 Å². The molecule has 2 atom stereocenters. The molecule has 0 saturated carbocycles. The van der Waals surface area contributed by atoms with Gasteiger partial charge in [-0.2, -0.15) is 0 Å². The zero-order valence-corrected chi connectivity index (χ0v) is 13.7. The second kappa shape index (κ2) is 6.67. The van der Waals surface area contributed by atoms with Crippen LogP contribution in [0.4, 0.5) is 0 Å². The molecular weight excluding hydrogens is 274 g/mol. The number of carbonyl (C=O) groups is 1. The van der Waals surface area contributed by atoms with Crippen LogP contribution in [0.2, 0.25) is 0 Å². The molecule has 2 heterocycles. The maximum Gasteiger partial charge on any atom is 0.223 e. The van der Waals surface area contributed by atoms with E-state index < -0.39 is 0 Å². The van der Waals surface area contributed by atoms with Crippen LogP contribution in [-0.4, -0.2) is 33.4 Å². The number of aromatic nitrogens is 2. The minimum absolute atomic E-state index is 0.326. The molecule has 1 fully saturated rings. The number of imidazole rings is 1. The summed E-state index contributed by atoms with van der Waals surface area (Å²) in [5.41, 5.74) is 0. The van der Waals surface area contributed by atoms with E-state index in [-0.39, 0.29) is 0 Å². The van der Waals surface area contributed by atoms with E-state index in [0.717, 1.165) is 44.6 Å². The summed E-state index contributed by atoms with van der Waals surface area (Å²) in [5.74, 6) is 2.35. The van der Waals surface area contributed by atoms with E-state index in [0.29, 0.717) is 30.2 Å². The molecule has 3 rings (SSSR count). The van der Waals surface area contributed by atoms with Crippen LogP contribution >= 0.6 is 0 Å². The number of piperidine rings is 1. The quantitative estimate of drug-likeness (QED) is 0.798. The Morgan fingerprint density at radius 3 is 3.00 bits per heavy atom. The zero-order chi connectivity index (χ0) is 15.5. The average molecular weight is 301 g/mol. The largest absolute Gasteiger partial charge is 0.341 e. The van der Waals surface area contributed by atoms with Crippen LogP contribution in [0.25, 0.3) is 0 Å². The molecule has 1 aliphatic carbocycles. The molecule has 0 bridgehead atoms. The number of hydrogen-bond acceptors (Lipinski definition) is 2. The third-order valence-corrected chi connectivity index (χ3v) is 4.91. The maximum absolute atomic E-state index is 12.6. The third kappa shape index (κ3) is 3.26. The molecule has 4 heteroatoms. The minimum atomic E-state index is 0.326. The van der Waals surface area contributed by atoms with Crippen LogP contribution in [0.1, 0.15) is 63.7 Å². The average Bonchev–Trinajstić information content (AvgIpc) is 3.18. The van der Waals surface area contributed by atoms with E-state index >= 15 is 0 Å². The second-order valence-electron chi connectivity index (χ2n) is 6.95. The molecule has 0 N–H and O–H groups in total. The van der Waals surface area contributed by atoms with E-state index in [9.17, 15) is 4.79 Å². The van der Waals surface area contributed by atoms with Gasteiger partial charge in [0.05, 0.1) is 6.04 Å². The van der Waals surface area contributed by atoms with Gasteiger partial charge in [-0.1, -0.05) is 26.0 Å². The highest BCUT2D eigenvalue weighted by Gasteiger charge is 2.27. The standard InChI is InChI=1S/C18H27N3O/c1-14(2)18-19-9-11-21(18)16-8-5-10-20(13-16)17(22)12-15-6-3-4-7-15/h3,6,9,11,14-16H,4-5,7-8,10,12-13H2,1-2H3/t15-,16+/m0/s1. The molecule has 22 heavy (non-hydrogen) atoms. The van der Waals surface area contributed by atoms with E-state index in [1.807, 2.05) is 6.20 Å². The Bertz CT molecular complexity index is 546. The fourth-order valence-corrected chi connectivity index (χ4v) is 3.71. The van der Waals surface area contributed by atoms with Gasteiger partial charge in [-0.15, -0.1) is 0 Å². The normalized spacial score (nSPS) is 25.1. The minimum Gasteiger partial charge on any atom is -0.341 e. The Kier molecular flexibility index (Phi) is 4.65. The monoisotopic (exact) mass is 301 g/mol. The first kappa shape index (κ1) is 15.3. The van der Waals surface area contributed by atoms with Gasteiger partial charge in [0.15, 0.2) is 0 Å². The Morgan fingerprint density at radius 2 is 2.27 bits per heavy atom. The molecule has 0 aromatic carbocycles. The summed E-state index contributed by atoms with van der Waals surface area (Å²) in [4.78, 5) is 19.1. The van der Waals surface area contributed by atoms with Crippen LogP contribution < -0.4 is 0 Å². The predicted molar refractivity (Wildman–Crippen MR) is 87.6 cm³/mol. The second-order valence-corrected chi connectivity index (χ2v) is 6.95. The van der Waals surface area contributed by atoms with Crippen molar-refractivity contribution in [3.05, 3.63) is 30.4 Å². The highest BCUT2D eigenvalue weighted by Crippen LogP contribution is 2.27. The van der Waals surface area contributed by atoms with Gasteiger partial charge in [0.1, 0.15) is 5.82 Å². The summed E-state index contributed by atoms with van der Waals surface area (Å²) >= 11 is 0. The van der Waals surface area contributed by atoms with Gasteiger partial charge in [0.25, 0.3) is 0 Å². The van der Waals surface area contributed by atoms with Crippen LogP contribution in [-0.2, 0) is 4.79 Å².